The first-order chi connectivity index (χ1) is 15.2. The number of phenols is 1. The van der Waals surface area contributed by atoms with Crippen LogP contribution in [0.5, 0.6) is 5.75 Å². The first-order valence-electron chi connectivity index (χ1n) is 9.85. The Morgan fingerprint density at radius 3 is 2.45 bits per heavy atom. The summed E-state index contributed by atoms with van der Waals surface area (Å²) in [5.41, 5.74) is -1.95. The van der Waals surface area contributed by atoms with Crippen LogP contribution in [0.15, 0.2) is 30.6 Å². The number of pyridine rings is 1. The normalized spacial score (nSPS) is 17.6. The number of rotatable bonds is 3. The summed E-state index contributed by atoms with van der Waals surface area (Å²) in [6.45, 7) is 4.73. The lowest BCUT2D eigenvalue weighted by Crippen LogP contribution is -2.60. The number of aromatic nitrogens is 3. The van der Waals surface area contributed by atoms with E-state index in [9.17, 15) is 31.1 Å². The lowest BCUT2D eigenvalue weighted by Gasteiger charge is -2.46. The van der Waals surface area contributed by atoms with E-state index in [0.29, 0.717) is 29.3 Å². The Morgan fingerprint density at radius 2 is 1.85 bits per heavy atom. The van der Waals surface area contributed by atoms with Gasteiger partial charge in [-0.1, -0.05) is 0 Å². The van der Waals surface area contributed by atoms with E-state index in [0.717, 1.165) is 17.0 Å². The molecule has 2 aromatic heterocycles. The van der Waals surface area contributed by atoms with E-state index in [-0.39, 0.29) is 18.8 Å². The van der Waals surface area contributed by atoms with Crippen LogP contribution in [0.1, 0.15) is 19.4 Å². The van der Waals surface area contributed by atoms with Crippen molar-refractivity contribution in [3.63, 3.8) is 0 Å². The van der Waals surface area contributed by atoms with Crippen molar-refractivity contribution < 1.29 is 31.1 Å². The Bertz CT molecular complexity index is 1340. The highest BCUT2D eigenvalue weighted by Crippen LogP contribution is 2.37. The Kier molecular flexibility index (Phi) is 5.32. The fourth-order valence-corrected chi connectivity index (χ4v) is 4.91. The van der Waals surface area contributed by atoms with Gasteiger partial charge in [0, 0.05) is 42.8 Å². The smallest absolute Gasteiger partial charge is 0.419 e. The van der Waals surface area contributed by atoms with Crippen LogP contribution in [0, 0.1) is 5.82 Å². The third-order valence-electron chi connectivity index (χ3n) is 5.60. The minimum atomic E-state index is -4.99. The van der Waals surface area contributed by atoms with Crippen molar-refractivity contribution in [1.82, 2.24) is 19.1 Å². The zero-order valence-corrected chi connectivity index (χ0v) is 18.7. The van der Waals surface area contributed by atoms with Crippen molar-refractivity contribution in [2.45, 2.75) is 25.6 Å². The molecular formula is C20H21F4N5O3S. The fourth-order valence-electron chi connectivity index (χ4n) is 3.95. The van der Waals surface area contributed by atoms with Crippen molar-refractivity contribution in [3.05, 3.63) is 42.0 Å². The van der Waals surface area contributed by atoms with Crippen molar-refractivity contribution in [1.29, 1.82) is 0 Å². The number of piperazine rings is 1. The number of hydrogen-bond donors (Lipinski definition) is 1. The van der Waals surface area contributed by atoms with Crippen LogP contribution in [0.2, 0.25) is 0 Å². The molecule has 1 N–H and O–H groups in total. The van der Waals surface area contributed by atoms with Gasteiger partial charge in [0.15, 0.2) is 11.6 Å². The second-order valence-corrected chi connectivity index (χ2v) is 10.5. The number of aromatic hydroxyl groups is 1. The quantitative estimate of drug-likeness (QED) is 0.571. The maximum atomic E-state index is 13.8. The van der Waals surface area contributed by atoms with E-state index < -0.39 is 38.9 Å². The third kappa shape index (κ3) is 4.34. The maximum Gasteiger partial charge on any atom is 0.419 e. The zero-order chi connectivity index (χ0) is 24.3. The standard InChI is InChI=1S/C20H21F4N5O3S/c1-19(2)11-27(33(3,31)32)4-5-28(19)17-6-12-10-29(26-15(12)9-25-17)13-7-14(20(22,23)24)18(21)16(30)8-13/h6-10,30H,4-5,11H2,1-3H3. The van der Waals surface area contributed by atoms with Gasteiger partial charge in [-0.15, -0.1) is 0 Å². The average molecular weight is 487 g/mol. The van der Waals surface area contributed by atoms with Gasteiger partial charge in [-0.2, -0.15) is 22.6 Å². The second kappa shape index (κ2) is 7.55. The predicted octanol–water partition coefficient (Wildman–Crippen LogP) is 3.14. The first-order valence-corrected chi connectivity index (χ1v) is 11.7. The number of halogens is 4. The number of anilines is 1. The van der Waals surface area contributed by atoms with Crippen LogP contribution in [-0.4, -0.2) is 64.0 Å². The summed E-state index contributed by atoms with van der Waals surface area (Å²) in [5.74, 6) is -2.33. The van der Waals surface area contributed by atoms with Crippen molar-refractivity contribution in [2.75, 3.05) is 30.8 Å². The van der Waals surface area contributed by atoms with Crippen LogP contribution in [-0.2, 0) is 16.2 Å². The van der Waals surface area contributed by atoms with Gasteiger partial charge in [-0.3, -0.25) is 0 Å². The van der Waals surface area contributed by atoms with Gasteiger partial charge in [0.05, 0.1) is 23.7 Å². The molecule has 1 aliphatic rings. The largest absolute Gasteiger partial charge is 0.505 e. The van der Waals surface area contributed by atoms with Gasteiger partial charge >= 0.3 is 6.18 Å². The van der Waals surface area contributed by atoms with Crippen LogP contribution >= 0.6 is 0 Å². The van der Waals surface area contributed by atoms with Gasteiger partial charge in [-0.05, 0) is 26.0 Å². The average Bonchev–Trinajstić information content (AvgIpc) is 3.10. The Labute approximate surface area is 187 Å². The number of nitrogens with zero attached hydrogens (tertiary/aromatic N) is 5. The maximum absolute atomic E-state index is 13.8. The van der Waals surface area contributed by atoms with Crippen LogP contribution in [0.4, 0.5) is 23.4 Å². The molecule has 1 saturated heterocycles. The third-order valence-corrected chi connectivity index (χ3v) is 6.85. The topological polar surface area (TPSA) is 91.6 Å². The Hall–Kier alpha value is -2.93. The van der Waals surface area contributed by atoms with Gasteiger partial charge in [-0.25, -0.2) is 22.5 Å². The highest BCUT2D eigenvalue weighted by Gasteiger charge is 2.38. The molecule has 1 aliphatic heterocycles. The summed E-state index contributed by atoms with van der Waals surface area (Å²) in [6, 6.07) is 3.13. The van der Waals surface area contributed by atoms with E-state index >= 15 is 0 Å². The number of sulfonamides is 1. The molecule has 13 heteroatoms. The molecule has 0 bridgehead atoms. The van der Waals surface area contributed by atoms with Crippen molar-refractivity contribution >= 4 is 26.7 Å². The molecule has 0 spiro atoms. The lowest BCUT2D eigenvalue weighted by atomic mass is 10.00. The summed E-state index contributed by atoms with van der Waals surface area (Å²) < 4.78 is 79.5. The molecule has 1 aromatic carbocycles. The lowest BCUT2D eigenvalue weighted by molar-refractivity contribution is -0.140. The number of alkyl halides is 3. The second-order valence-electron chi connectivity index (χ2n) is 8.56. The monoisotopic (exact) mass is 487 g/mol. The van der Waals surface area contributed by atoms with E-state index in [4.69, 9.17) is 0 Å². The Morgan fingerprint density at radius 1 is 1.15 bits per heavy atom. The van der Waals surface area contributed by atoms with Gasteiger partial charge in [0.1, 0.15) is 11.3 Å². The van der Waals surface area contributed by atoms with Crippen LogP contribution < -0.4 is 4.90 Å². The van der Waals surface area contributed by atoms with Crippen molar-refractivity contribution in [2.24, 2.45) is 0 Å². The SMILES string of the molecule is CC1(C)CN(S(C)(=O)=O)CCN1c1cc2cn(-c3cc(O)c(F)c(C(F)(F)F)c3)nc2cn1. The van der Waals surface area contributed by atoms with Crippen LogP contribution in [0.25, 0.3) is 16.6 Å². The molecule has 3 aromatic rings. The molecule has 3 heterocycles. The molecule has 0 unspecified atom stereocenters. The number of benzene rings is 1. The molecule has 0 atom stereocenters. The van der Waals surface area contributed by atoms with E-state index in [1.165, 1.54) is 16.7 Å². The van der Waals surface area contributed by atoms with Gasteiger partial charge < -0.3 is 10.0 Å². The molecular weight excluding hydrogens is 466 g/mol. The Balaban J connectivity index is 1.70. The zero-order valence-electron chi connectivity index (χ0n) is 17.9. The van der Waals surface area contributed by atoms with E-state index in [1.807, 2.05) is 18.7 Å². The molecule has 178 valence electrons. The minimum absolute atomic E-state index is 0.166. The molecule has 1 fully saturated rings. The number of phenolic OH excluding ortho intramolecular Hbond substituents is 1. The van der Waals surface area contributed by atoms with E-state index in [2.05, 4.69) is 10.1 Å². The number of fused-ring (bicyclic) bond motifs is 1. The minimum Gasteiger partial charge on any atom is -0.505 e. The summed E-state index contributed by atoms with van der Waals surface area (Å²) in [6.07, 6.45) is -0.922. The summed E-state index contributed by atoms with van der Waals surface area (Å²) >= 11 is 0. The fraction of sp³-hybridized carbons (Fsp3) is 0.400. The first kappa shape index (κ1) is 23.2. The highest BCUT2D eigenvalue weighted by atomic mass is 32.2. The molecule has 8 nitrogen and oxygen atoms in total. The summed E-state index contributed by atoms with van der Waals surface area (Å²) in [5, 5.41) is 14.4. The van der Waals surface area contributed by atoms with Gasteiger partial charge in [0.25, 0.3) is 0 Å². The predicted molar refractivity (Wildman–Crippen MR) is 113 cm³/mol. The number of hydrogen-bond acceptors (Lipinski definition) is 6. The highest BCUT2D eigenvalue weighted by molar-refractivity contribution is 7.88. The van der Waals surface area contributed by atoms with Crippen LogP contribution in [0.3, 0.4) is 0 Å². The molecule has 0 amide bonds. The molecule has 0 radical (unpaired) electrons. The summed E-state index contributed by atoms with van der Waals surface area (Å²) in [4.78, 5) is 6.36. The molecule has 4 rings (SSSR count). The molecule has 0 aliphatic carbocycles. The molecule has 33 heavy (non-hydrogen) atoms. The van der Waals surface area contributed by atoms with Gasteiger partial charge in [0.2, 0.25) is 10.0 Å². The van der Waals surface area contributed by atoms with Crippen molar-refractivity contribution in [3.8, 4) is 11.4 Å². The van der Waals surface area contributed by atoms with E-state index in [1.54, 1.807) is 6.07 Å². The summed E-state index contributed by atoms with van der Waals surface area (Å²) in [7, 11) is -3.34. The molecule has 0 saturated carbocycles.